The van der Waals surface area contributed by atoms with Crippen molar-refractivity contribution in [2.45, 2.75) is 52.5 Å². The number of nitrogens with zero attached hydrogens (tertiary/aromatic N) is 2. The van der Waals surface area contributed by atoms with Crippen molar-refractivity contribution in [3.63, 3.8) is 0 Å². The summed E-state index contributed by atoms with van der Waals surface area (Å²) in [5.74, 6) is 1.70. The SMILES string of the molecule is CC1CCCN(C(=O)CN(CC2CCCNC2)C(C)C)C1. The first-order valence-corrected chi connectivity index (χ1v) is 8.78. The lowest BCUT2D eigenvalue weighted by atomic mass is 9.98. The second-order valence-electron chi connectivity index (χ2n) is 7.32. The van der Waals surface area contributed by atoms with Gasteiger partial charge in [-0.1, -0.05) is 6.92 Å². The zero-order valence-corrected chi connectivity index (χ0v) is 14.1. The van der Waals surface area contributed by atoms with Crippen molar-refractivity contribution in [1.82, 2.24) is 15.1 Å². The van der Waals surface area contributed by atoms with Crippen LogP contribution in [0.4, 0.5) is 0 Å². The number of rotatable bonds is 5. The lowest BCUT2D eigenvalue weighted by molar-refractivity contribution is -0.134. The minimum Gasteiger partial charge on any atom is -0.341 e. The number of amides is 1. The summed E-state index contributed by atoms with van der Waals surface area (Å²) in [6.45, 7) is 12.5. The topological polar surface area (TPSA) is 35.6 Å². The molecule has 4 nitrogen and oxygen atoms in total. The van der Waals surface area contributed by atoms with Crippen LogP contribution in [0.15, 0.2) is 0 Å². The Kier molecular flexibility index (Phi) is 6.49. The summed E-state index contributed by atoms with van der Waals surface area (Å²) in [5, 5.41) is 3.48. The third-order valence-corrected chi connectivity index (χ3v) is 4.97. The van der Waals surface area contributed by atoms with Crippen molar-refractivity contribution in [2.24, 2.45) is 11.8 Å². The molecule has 1 N–H and O–H groups in total. The van der Waals surface area contributed by atoms with Gasteiger partial charge in [0.2, 0.25) is 5.91 Å². The predicted octanol–water partition coefficient (Wildman–Crippen LogP) is 1.95. The first-order chi connectivity index (χ1) is 10.1. The average Bonchev–Trinajstić information content (AvgIpc) is 2.47. The van der Waals surface area contributed by atoms with E-state index in [1.807, 2.05) is 0 Å². The molecule has 0 aromatic carbocycles. The predicted molar refractivity (Wildman–Crippen MR) is 87.3 cm³/mol. The highest BCUT2D eigenvalue weighted by Crippen LogP contribution is 2.17. The second-order valence-corrected chi connectivity index (χ2v) is 7.32. The fraction of sp³-hybridized carbons (Fsp3) is 0.941. The van der Waals surface area contributed by atoms with E-state index in [2.05, 4.69) is 35.9 Å². The monoisotopic (exact) mass is 295 g/mol. The van der Waals surface area contributed by atoms with Gasteiger partial charge >= 0.3 is 0 Å². The smallest absolute Gasteiger partial charge is 0.236 e. The summed E-state index contributed by atoms with van der Waals surface area (Å²) in [6, 6.07) is 0.443. The first-order valence-electron chi connectivity index (χ1n) is 8.78. The lowest BCUT2D eigenvalue weighted by Gasteiger charge is -2.36. The van der Waals surface area contributed by atoms with Crippen molar-refractivity contribution in [3.05, 3.63) is 0 Å². The van der Waals surface area contributed by atoms with Crippen LogP contribution in [0.1, 0.15) is 46.5 Å². The molecule has 0 saturated carbocycles. The molecule has 0 aromatic rings. The molecule has 122 valence electrons. The molecule has 0 aromatic heterocycles. The third kappa shape index (κ3) is 5.26. The van der Waals surface area contributed by atoms with Crippen LogP contribution in [0.2, 0.25) is 0 Å². The molecule has 0 radical (unpaired) electrons. The molecule has 2 fully saturated rings. The Labute approximate surface area is 130 Å². The lowest BCUT2D eigenvalue weighted by Crippen LogP contribution is -2.48. The van der Waals surface area contributed by atoms with Gasteiger partial charge in [0.25, 0.3) is 0 Å². The molecule has 2 heterocycles. The Morgan fingerprint density at radius 3 is 2.76 bits per heavy atom. The highest BCUT2D eigenvalue weighted by molar-refractivity contribution is 5.78. The highest BCUT2D eigenvalue weighted by Gasteiger charge is 2.25. The minimum atomic E-state index is 0.332. The van der Waals surface area contributed by atoms with Gasteiger partial charge in [0.1, 0.15) is 0 Å². The van der Waals surface area contributed by atoms with Crippen molar-refractivity contribution in [3.8, 4) is 0 Å². The number of piperidine rings is 2. The van der Waals surface area contributed by atoms with Gasteiger partial charge in [-0.25, -0.2) is 0 Å². The zero-order chi connectivity index (χ0) is 15.2. The summed E-state index contributed by atoms with van der Waals surface area (Å²) in [4.78, 5) is 17.0. The second kappa shape index (κ2) is 8.14. The van der Waals surface area contributed by atoms with Crippen LogP contribution in [-0.4, -0.2) is 61.0 Å². The maximum absolute atomic E-state index is 12.6. The van der Waals surface area contributed by atoms with Crippen molar-refractivity contribution >= 4 is 5.91 Å². The summed E-state index contributed by atoms with van der Waals surface area (Å²) in [5.41, 5.74) is 0. The van der Waals surface area contributed by atoms with Crippen LogP contribution in [0, 0.1) is 11.8 Å². The molecule has 0 spiro atoms. The summed E-state index contributed by atoms with van der Waals surface area (Å²) in [6.07, 6.45) is 5.01. The standard InChI is InChI=1S/C17H33N3O/c1-14(2)20(12-16-7-4-8-18-10-16)13-17(21)19-9-5-6-15(3)11-19/h14-16,18H,4-13H2,1-3H3. The van der Waals surface area contributed by atoms with Crippen LogP contribution in [0.25, 0.3) is 0 Å². The van der Waals surface area contributed by atoms with Crippen molar-refractivity contribution < 1.29 is 4.79 Å². The largest absolute Gasteiger partial charge is 0.341 e. The number of likely N-dealkylation sites (tertiary alicyclic amines) is 1. The number of carbonyl (C=O) groups excluding carboxylic acids is 1. The van der Waals surface area contributed by atoms with E-state index >= 15 is 0 Å². The molecule has 4 heteroatoms. The molecule has 2 aliphatic heterocycles. The number of carbonyl (C=O) groups is 1. The molecule has 1 amide bonds. The zero-order valence-electron chi connectivity index (χ0n) is 14.1. The fourth-order valence-corrected chi connectivity index (χ4v) is 3.56. The molecule has 0 bridgehead atoms. The van der Waals surface area contributed by atoms with Gasteiger partial charge in [-0.2, -0.15) is 0 Å². The first kappa shape index (κ1) is 16.8. The van der Waals surface area contributed by atoms with E-state index in [9.17, 15) is 4.79 Å². The molecule has 2 unspecified atom stereocenters. The molecule has 21 heavy (non-hydrogen) atoms. The Bertz CT molecular complexity index is 326. The van der Waals surface area contributed by atoms with E-state index in [0.717, 1.165) is 32.7 Å². The highest BCUT2D eigenvalue weighted by atomic mass is 16.2. The molecule has 2 saturated heterocycles. The Balaban J connectivity index is 1.84. The minimum absolute atomic E-state index is 0.332. The summed E-state index contributed by atoms with van der Waals surface area (Å²) in [7, 11) is 0. The molecule has 0 aliphatic carbocycles. The normalized spacial score (nSPS) is 27.4. The van der Waals surface area contributed by atoms with E-state index in [1.54, 1.807) is 0 Å². The van der Waals surface area contributed by atoms with Gasteiger partial charge in [-0.15, -0.1) is 0 Å². The van der Waals surface area contributed by atoms with Gasteiger partial charge < -0.3 is 10.2 Å². The van der Waals surface area contributed by atoms with Gasteiger partial charge in [0, 0.05) is 25.7 Å². The van der Waals surface area contributed by atoms with E-state index in [-0.39, 0.29) is 0 Å². The fourth-order valence-electron chi connectivity index (χ4n) is 3.56. The van der Waals surface area contributed by atoms with E-state index in [1.165, 1.54) is 25.7 Å². The maximum Gasteiger partial charge on any atom is 0.236 e. The van der Waals surface area contributed by atoms with E-state index in [4.69, 9.17) is 0 Å². The van der Waals surface area contributed by atoms with Crippen LogP contribution >= 0.6 is 0 Å². The Hall–Kier alpha value is -0.610. The van der Waals surface area contributed by atoms with Gasteiger partial charge in [0.05, 0.1) is 6.54 Å². The third-order valence-electron chi connectivity index (χ3n) is 4.97. The van der Waals surface area contributed by atoms with E-state index in [0.29, 0.717) is 30.3 Å². The van der Waals surface area contributed by atoms with Gasteiger partial charge in [-0.3, -0.25) is 9.69 Å². The molecule has 2 atom stereocenters. The number of nitrogens with one attached hydrogen (secondary N) is 1. The Morgan fingerprint density at radius 2 is 2.14 bits per heavy atom. The number of hydrogen-bond acceptors (Lipinski definition) is 3. The van der Waals surface area contributed by atoms with Gasteiger partial charge in [0.15, 0.2) is 0 Å². The molecule has 2 rings (SSSR count). The summed E-state index contributed by atoms with van der Waals surface area (Å²) < 4.78 is 0. The van der Waals surface area contributed by atoms with Crippen LogP contribution in [0.3, 0.4) is 0 Å². The molecular weight excluding hydrogens is 262 g/mol. The van der Waals surface area contributed by atoms with Crippen LogP contribution < -0.4 is 5.32 Å². The maximum atomic E-state index is 12.6. The average molecular weight is 295 g/mol. The number of hydrogen-bond donors (Lipinski definition) is 1. The quantitative estimate of drug-likeness (QED) is 0.842. The van der Waals surface area contributed by atoms with Crippen molar-refractivity contribution in [1.29, 1.82) is 0 Å². The van der Waals surface area contributed by atoms with E-state index < -0.39 is 0 Å². The van der Waals surface area contributed by atoms with Gasteiger partial charge in [-0.05, 0) is 64.5 Å². The Morgan fingerprint density at radius 1 is 1.33 bits per heavy atom. The van der Waals surface area contributed by atoms with Crippen LogP contribution in [0.5, 0.6) is 0 Å². The summed E-state index contributed by atoms with van der Waals surface area (Å²) >= 11 is 0. The molecular formula is C17H33N3O. The molecule has 2 aliphatic rings. The van der Waals surface area contributed by atoms with Crippen LogP contribution in [-0.2, 0) is 4.79 Å². The van der Waals surface area contributed by atoms with Crippen molar-refractivity contribution in [2.75, 3.05) is 39.3 Å².